The Balaban J connectivity index is 1.34. The largest absolute Gasteiger partial charge is 0.395 e. The number of nitrogens with one attached hydrogen (secondary N) is 3. The molecule has 1 aromatic heterocycles. The highest BCUT2D eigenvalue weighted by molar-refractivity contribution is 7.91. The predicted octanol–water partition coefficient (Wildman–Crippen LogP) is 4.34. The van der Waals surface area contributed by atoms with Gasteiger partial charge in [0.15, 0.2) is 0 Å². The lowest BCUT2D eigenvalue weighted by Crippen LogP contribution is -2.49. The van der Waals surface area contributed by atoms with Crippen molar-refractivity contribution in [2.45, 2.75) is 125 Å². The van der Waals surface area contributed by atoms with Crippen LogP contribution in [0.15, 0.2) is 33.5 Å². The number of amides is 1. The second-order valence-corrected chi connectivity index (χ2v) is 18.8. The van der Waals surface area contributed by atoms with Crippen LogP contribution in [0.2, 0.25) is 0 Å². The third-order valence-corrected chi connectivity index (χ3v) is 15.0. The molecule has 2 unspecified atom stereocenters. The number of hydrogen-bond acceptors (Lipinski definition) is 8. The van der Waals surface area contributed by atoms with Crippen molar-refractivity contribution in [3.8, 4) is 0 Å². The molecule has 256 valence electrons. The van der Waals surface area contributed by atoms with Gasteiger partial charge in [-0.1, -0.05) is 46.1 Å². The van der Waals surface area contributed by atoms with Crippen molar-refractivity contribution in [2.24, 2.45) is 17.8 Å². The first-order chi connectivity index (χ1) is 21.4. The van der Waals surface area contributed by atoms with E-state index in [0.717, 1.165) is 49.0 Å². The molecule has 2 heterocycles. The number of rotatable bonds is 17. The lowest BCUT2D eigenvalue weighted by atomic mass is 9.80. The maximum absolute atomic E-state index is 13.7. The number of unbranched alkanes of at least 4 members (excludes halogenated alkanes) is 1. The molecule has 0 bridgehead atoms. The molecule has 2 aliphatic carbocycles. The summed E-state index contributed by atoms with van der Waals surface area (Å²) in [5, 5.41) is 18.0. The Hall–Kier alpha value is -1.51. The molecule has 4 N–H and O–H groups in total. The van der Waals surface area contributed by atoms with Crippen LogP contribution in [-0.4, -0.2) is 75.2 Å². The molecular weight excluding hydrogens is 633 g/mol. The van der Waals surface area contributed by atoms with Crippen LogP contribution in [0.3, 0.4) is 0 Å². The molecule has 0 radical (unpaired) electrons. The minimum atomic E-state index is -3.86. The zero-order valence-electron chi connectivity index (χ0n) is 27.1. The SMILES string of the molecule is CC(C)CN([C@H](CO)CCCCNC(=O)[C@H](CC1=CNC2CCCCC12)NS(=O)(=O)c1cccs1)S(=O)(=O)C1CCC(C)CC1. The van der Waals surface area contributed by atoms with Crippen molar-refractivity contribution in [1.29, 1.82) is 0 Å². The summed E-state index contributed by atoms with van der Waals surface area (Å²) in [5.41, 5.74) is 1.08. The lowest BCUT2D eigenvalue weighted by molar-refractivity contribution is -0.122. The first-order valence-electron chi connectivity index (χ1n) is 16.8. The van der Waals surface area contributed by atoms with E-state index >= 15 is 0 Å². The molecule has 4 atom stereocenters. The van der Waals surface area contributed by atoms with Crippen molar-refractivity contribution in [3.63, 3.8) is 0 Å². The topological polar surface area (TPSA) is 145 Å². The molecular formula is C32H54N4O6S3. The number of aliphatic hydroxyl groups is 1. The van der Waals surface area contributed by atoms with E-state index in [-0.39, 0.29) is 22.6 Å². The average Bonchev–Trinajstić information content (AvgIpc) is 3.69. The third-order valence-electron chi connectivity index (χ3n) is 9.68. The average molecular weight is 687 g/mol. The Labute approximate surface area is 274 Å². The summed E-state index contributed by atoms with van der Waals surface area (Å²) in [6.07, 6.45) is 11.5. The molecule has 2 saturated carbocycles. The number of nitrogens with zero attached hydrogens (tertiary/aromatic N) is 1. The molecule has 3 aliphatic rings. The van der Waals surface area contributed by atoms with Crippen LogP contribution in [-0.2, 0) is 24.8 Å². The van der Waals surface area contributed by atoms with Gasteiger partial charge in [-0.15, -0.1) is 11.3 Å². The van der Waals surface area contributed by atoms with E-state index in [1.165, 1.54) is 12.5 Å². The fourth-order valence-corrected chi connectivity index (χ4v) is 11.6. The van der Waals surface area contributed by atoms with Crippen molar-refractivity contribution in [3.05, 3.63) is 29.3 Å². The molecule has 1 aromatic rings. The van der Waals surface area contributed by atoms with Crippen molar-refractivity contribution in [1.82, 2.24) is 19.7 Å². The highest BCUT2D eigenvalue weighted by atomic mass is 32.2. The van der Waals surface area contributed by atoms with Gasteiger partial charge in [-0.05, 0) is 92.8 Å². The molecule has 45 heavy (non-hydrogen) atoms. The third kappa shape index (κ3) is 9.76. The van der Waals surface area contributed by atoms with Gasteiger partial charge >= 0.3 is 0 Å². The minimum Gasteiger partial charge on any atom is -0.395 e. The predicted molar refractivity (Wildman–Crippen MR) is 180 cm³/mol. The Morgan fingerprint density at radius 1 is 1.09 bits per heavy atom. The highest BCUT2D eigenvalue weighted by Crippen LogP contribution is 2.36. The zero-order valence-corrected chi connectivity index (χ0v) is 29.6. The fraction of sp³-hybridized carbons (Fsp3) is 0.781. The molecule has 0 spiro atoms. The summed E-state index contributed by atoms with van der Waals surface area (Å²) in [4.78, 5) is 13.4. The smallest absolute Gasteiger partial charge is 0.250 e. The normalized spacial score (nSPS) is 25.4. The second-order valence-electron chi connectivity index (χ2n) is 13.7. The van der Waals surface area contributed by atoms with Crippen LogP contribution in [0.25, 0.3) is 0 Å². The molecule has 2 fully saturated rings. The van der Waals surface area contributed by atoms with Crippen molar-refractivity contribution < 1.29 is 26.7 Å². The van der Waals surface area contributed by atoms with Gasteiger partial charge in [0.05, 0.1) is 11.9 Å². The van der Waals surface area contributed by atoms with Crippen LogP contribution in [0, 0.1) is 17.8 Å². The van der Waals surface area contributed by atoms with Crippen LogP contribution in [0.4, 0.5) is 0 Å². The van der Waals surface area contributed by atoms with Crippen LogP contribution in [0.5, 0.6) is 0 Å². The molecule has 1 aliphatic heterocycles. The number of sulfonamides is 2. The van der Waals surface area contributed by atoms with E-state index in [9.17, 15) is 26.7 Å². The van der Waals surface area contributed by atoms with Gasteiger partial charge in [0, 0.05) is 31.1 Å². The van der Waals surface area contributed by atoms with Gasteiger partial charge in [0.2, 0.25) is 15.9 Å². The molecule has 0 aromatic carbocycles. The molecule has 1 amide bonds. The Morgan fingerprint density at radius 3 is 2.49 bits per heavy atom. The lowest BCUT2D eigenvalue weighted by Gasteiger charge is -2.36. The minimum absolute atomic E-state index is 0.125. The van der Waals surface area contributed by atoms with Gasteiger partial charge in [-0.25, -0.2) is 16.8 Å². The van der Waals surface area contributed by atoms with Gasteiger partial charge < -0.3 is 15.7 Å². The van der Waals surface area contributed by atoms with Gasteiger partial charge in [0.25, 0.3) is 10.0 Å². The van der Waals surface area contributed by atoms with Gasteiger partial charge in [-0.2, -0.15) is 9.03 Å². The highest BCUT2D eigenvalue weighted by Gasteiger charge is 2.38. The maximum atomic E-state index is 13.7. The molecule has 0 saturated heterocycles. The number of carbonyl (C=O) groups excluding carboxylic acids is 1. The number of aliphatic hydroxyl groups excluding tert-OH is 1. The van der Waals surface area contributed by atoms with E-state index in [1.54, 1.807) is 15.8 Å². The molecule has 10 nitrogen and oxygen atoms in total. The van der Waals surface area contributed by atoms with Crippen molar-refractivity contribution in [2.75, 3.05) is 19.7 Å². The Kier molecular flexibility index (Phi) is 13.4. The monoisotopic (exact) mass is 686 g/mol. The summed E-state index contributed by atoms with van der Waals surface area (Å²) >= 11 is 1.11. The van der Waals surface area contributed by atoms with E-state index in [2.05, 4.69) is 22.3 Å². The number of carbonyl (C=O) groups is 1. The maximum Gasteiger partial charge on any atom is 0.250 e. The van der Waals surface area contributed by atoms with Gasteiger partial charge in [-0.3, -0.25) is 4.79 Å². The molecule has 4 rings (SSSR count). The zero-order chi connectivity index (χ0) is 32.6. The van der Waals surface area contributed by atoms with Crippen LogP contribution in [0.1, 0.15) is 97.8 Å². The number of fused-ring (bicyclic) bond motifs is 1. The van der Waals surface area contributed by atoms with Crippen molar-refractivity contribution >= 4 is 37.3 Å². The van der Waals surface area contributed by atoms with Crippen LogP contribution >= 0.6 is 11.3 Å². The number of thiophene rings is 1. The van der Waals surface area contributed by atoms with E-state index in [4.69, 9.17) is 0 Å². The first kappa shape index (κ1) is 36.3. The summed E-state index contributed by atoms with van der Waals surface area (Å²) in [7, 11) is -7.41. The van der Waals surface area contributed by atoms with Gasteiger partial charge in [0.1, 0.15) is 10.3 Å². The summed E-state index contributed by atoms with van der Waals surface area (Å²) in [6, 6.07) is 2.10. The Morgan fingerprint density at radius 2 is 1.82 bits per heavy atom. The first-order valence-corrected chi connectivity index (χ1v) is 20.7. The molecule has 13 heteroatoms. The fourth-order valence-electron chi connectivity index (χ4n) is 7.10. The number of hydrogen-bond donors (Lipinski definition) is 4. The van der Waals surface area contributed by atoms with E-state index in [0.29, 0.717) is 69.5 Å². The summed E-state index contributed by atoms with van der Waals surface area (Å²) < 4.78 is 58.0. The van der Waals surface area contributed by atoms with E-state index < -0.39 is 37.4 Å². The second kappa shape index (κ2) is 16.5. The standard InChI is InChI=1S/C32H54N4O6S3/c1-23(2)21-36(45(41,42)27-15-13-24(3)14-16-27)26(22-37)9-6-7-17-33-32(38)30(35-44(39,40)31-12-8-18-43-31)19-25-20-34-29-11-5-4-10-28(25)29/h8,12,18,20,23-24,26-30,34-35,37H,4-7,9-11,13-17,19,21-22H2,1-3H3,(H,33,38)/t24?,26-,27?,28?,29?,30-/m0/s1. The Bertz CT molecular complexity index is 1320. The van der Waals surface area contributed by atoms with Crippen LogP contribution < -0.4 is 15.4 Å². The quantitative estimate of drug-likeness (QED) is 0.179. The summed E-state index contributed by atoms with van der Waals surface area (Å²) in [6.45, 7) is 6.60. The van der Waals surface area contributed by atoms with E-state index in [1.807, 2.05) is 20.0 Å². The summed E-state index contributed by atoms with van der Waals surface area (Å²) in [5.74, 6) is 0.613.